The van der Waals surface area contributed by atoms with Gasteiger partial charge in [0.1, 0.15) is 0 Å². The molecule has 0 unspecified atom stereocenters. The maximum Gasteiger partial charge on any atom is 0.0167 e. The summed E-state index contributed by atoms with van der Waals surface area (Å²) in [6.07, 6.45) is 0. The second-order valence-corrected chi connectivity index (χ2v) is 3.44. The van der Waals surface area contributed by atoms with Gasteiger partial charge >= 0.3 is 0 Å². The van der Waals surface area contributed by atoms with Gasteiger partial charge in [0.25, 0.3) is 0 Å². The van der Waals surface area contributed by atoms with Gasteiger partial charge in [0.15, 0.2) is 0 Å². The van der Waals surface area contributed by atoms with E-state index in [0.29, 0.717) is 12.1 Å². The summed E-state index contributed by atoms with van der Waals surface area (Å²) in [7, 11) is 0. The van der Waals surface area contributed by atoms with Crippen LogP contribution in [0.15, 0.2) is 0 Å². The van der Waals surface area contributed by atoms with Crippen LogP contribution in [0.2, 0.25) is 0 Å². The highest BCUT2D eigenvalue weighted by atomic mass is 15.2. The Morgan fingerprint density at radius 2 is 1.92 bits per heavy atom. The van der Waals surface area contributed by atoms with Gasteiger partial charge in [-0.1, -0.05) is 13.8 Å². The molecule has 12 heavy (non-hydrogen) atoms. The van der Waals surface area contributed by atoms with Gasteiger partial charge in [0.05, 0.1) is 0 Å². The van der Waals surface area contributed by atoms with Gasteiger partial charge in [0.2, 0.25) is 0 Å². The number of hydrogen-bond donors (Lipinski definition) is 1. The van der Waals surface area contributed by atoms with Gasteiger partial charge in [-0.3, -0.25) is 4.90 Å². The molecule has 1 rings (SSSR count). The molecule has 2 nitrogen and oxygen atoms in total. The second kappa shape index (κ2) is 6.44. The fourth-order valence-corrected chi connectivity index (χ4v) is 1.43. The van der Waals surface area contributed by atoms with Crippen molar-refractivity contribution in [3.05, 3.63) is 0 Å². The van der Waals surface area contributed by atoms with E-state index in [2.05, 4.69) is 31.0 Å². The predicted octanol–water partition coefficient (Wildman–Crippen LogP) is 1.71. The Balaban J connectivity index is 0.000000561. The molecule has 1 fully saturated rings. The Bertz CT molecular complexity index is 102. The molecule has 1 heterocycles. The van der Waals surface area contributed by atoms with Crippen LogP contribution in [0.1, 0.15) is 34.6 Å². The van der Waals surface area contributed by atoms with E-state index in [-0.39, 0.29) is 0 Å². The first-order valence-corrected chi connectivity index (χ1v) is 5.17. The molecule has 0 aromatic rings. The van der Waals surface area contributed by atoms with Crippen molar-refractivity contribution < 1.29 is 0 Å². The van der Waals surface area contributed by atoms with E-state index >= 15 is 0 Å². The molecular formula is C10H24N2. The third-order valence-electron chi connectivity index (χ3n) is 2.13. The minimum Gasteiger partial charge on any atom is -0.312 e. The maximum atomic E-state index is 3.43. The van der Waals surface area contributed by atoms with Crippen LogP contribution in [0.25, 0.3) is 0 Å². The van der Waals surface area contributed by atoms with Crippen molar-refractivity contribution in [1.29, 1.82) is 0 Å². The quantitative estimate of drug-likeness (QED) is 0.648. The molecule has 0 aliphatic carbocycles. The molecule has 0 spiro atoms. The fourth-order valence-electron chi connectivity index (χ4n) is 1.43. The standard InChI is InChI=1S/C8H18N2.C2H6/c1-7(2)10-5-4-9-8(3)6-10;1-2/h7-9H,4-6H2,1-3H3;1-2H3/t8-;/m1./s1. The summed E-state index contributed by atoms with van der Waals surface area (Å²) in [6, 6.07) is 1.39. The van der Waals surface area contributed by atoms with E-state index in [0.717, 1.165) is 6.54 Å². The summed E-state index contributed by atoms with van der Waals surface area (Å²) in [5.41, 5.74) is 0. The Morgan fingerprint density at radius 1 is 1.33 bits per heavy atom. The van der Waals surface area contributed by atoms with Crippen LogP contribution < -0.4 is 5.32 Å². The monoisotopic (exact) mass is 172 g/mol. The third-order valence-corrected chi connectivity index (χ3v) is 2.13. The van der Waals surface area contributed by atoms with Crippen LogP contribution in [-0.2, 0) is 0 Å². The van der Waals surface area contributed by atoms with Crippen LogP contribution in [0.3, 0.4) is 0 Å². The van der Waals surface area contributed by atoms with Crippen molar-refractivity contribution in [2.75, 3.05) is 19.6 Å². The fraction of sp³-hybridized carbons (Fsp3) is 1.00. The van der Waals surface area contributed by atoms with Crippen LogP contribution in [0, 0.1) is 0 Å². The Labute approximate surface area is 77.3 Å². The average molecular weight is 172 g/mol. The molecule has 1 aliphatic rings. The van der Waals surface area contributed by atoms with Crippen LogP contribution in [0.5, 0.6) is 0 Å². The number of nitrogens with one attached hydrogen (secondary N) is 1. The molecule has 0 aromatic heterocycles. The smallest absolute Gasteiger partial charge is 0.0167 e. The number of rotatable bonds is 1. The molecule has 1 aliphatic heterocycles. The van der Waals surface area contributed by atoms with E-state index in [1.807, 2.05) is 13.8 Å². The molecule has 74 valence electrons. The van der Waals surface area contributed by atoms with Crippen LogP contribution in [-0.4, -0.2) is 36.6 Å². The van der Waals surface area contributed by atoms with Crippen molar-refractivity contribution >= 4 is 0 Å². The second-order valence-electron chi connectivity index (χ2n) is 3.44. The molecule has 0 radical (unpaired) electrons. The maximum absolute atomic E-state index is 3.43. The molecule has 1 saturated heterocycles. The molecule has 1 atom stereocenters. The van der Waals surface area contributed by atoms with Gasteiger partial charge in [-0.15, -0.1) is 0 Å². The molecule has 0 amide bonds. The lowest BCUT2D eigenvalue weighted by atomic mass is 10.2. The lowest BCUT2D eigenvalue weighted by Crippen LogP contribution is -2.51. The lowest BCUT2D eigenvalue weighted by molar-refractivity contribution is 0.168. The van der Waals surface area contributed by atoms with E-state index in [1.54, 1.807) is 0 Å². The highest BCUT2D eigenvalue weighted by Crippen LogP contribution is 2.02. The summed E-state index contributed by atoms with van der Waals surface area (Å²) in [5, 5.41) is 3.43. The van der Waals surface area contributed by atoms with Crippen LogP contribution >= 0.6 is 0 Å². The minimum atomic E-state index is 0.677. The third kappa shape index (κ3) is 4.07. The highest BCUT2D eigenvalue weighted by molar-refractivity contribution is 4.76. The van der Waals surface area contributed by atoms with E-state index in [9.17, 15) is 0 Å². The zero-order valence-electron chi connectivity index (χ0n) is 9.22. The Kier molecular flexibility index (Phi) is 6.39. The summed E-state index contributed by atoms with van der Waals surface area (Å²) in [6.45, 7) is 14.3. The zero-order chi connectivity index (χ0) is 9.56. The largest absolute Gasteiger partial charge is 0.312 e. The minimum absolute atomic E-state index is 0.677. The Hall–Kier alpha value is -0.0800. The molecule has 2 heteroatoms. The lowest BCUT2D eigenvalue weighted by Gasteiger charge is -2.34. The SMILES string of the molecule is CC.CC(C)N1CCN[C@H](C)C1. The van der Waals surface area contributed by atoms with Crippen molar-refractivity contribution in [2.45, 2.75) is 46.7 Å². The van der Waals surface area contributed by atoms with Crippen molar-refractivity contribution in [2.24, 2.45) is 0 Å². The number of piperazine rings is 1. The summed E-state index contributed by atoms with van der Waals surface area (Å²) >= 11 is 0. The van der Waals surface area contributed by atoms with Gasteiger partial charge in [0, 0.05) is 31.7 Å². The summed E-state index contributed by atoms with van der Waals surface area (Å²) < 4.78 is 0. The predicted molar refractivity (Wildman–Crippen MR) is 55.5 cm³/mol. The summed E-state index contributed by atoms with van der Waals surface area (Å²) in [5.74, 6) is 0. The number of hydrogen-bond acceptors (Lipinski definition) is 2. The molecule has 0 bridgehead atoms. The topological polar surface area (TPSA) is 15.3 Å². The van der Waals surface area contributed by atoms with Crippen molar-refractivity contribution in [1.82, 2.24) is 10.2 Å². The first kappa shape index (κ1) is 11.9. The van der Waals surface area contributed by atoms with Gasteiger partial charge < -0.3 is 5.32 Å². The Morgan fingerprint density at radius 3 is 2.25 bits per heavy atom. The normalized spacial score (nSPS) is 25.0. The van der Waals surface area contributed by atoms with E-state index in [4.69, 9.17) is 0 Å². The molecular weight excluding hydrogens is 148 g/mol. The average Bonchev–Trinajstić information content (AvgIpc) is 2.08. The number of nitrogens with zero attached hydrogens (tertiary/aromatic N) is 1. The van der Waals surface area contributed by atoms with Crippen LogP contribution in [0.4, 0.5) is 0 Å². The van der Waals surface area contributed by atoms with Crippen molar-refractivity contribution in [3.63, 3.8) is 0 Å². The molecule has 0 aromatic carbocycles. The summed E-state index contributed by atoms with van der Waals surface area (Å²) in [4.78, 5) is 2.52. The first-order chi connectivity index (χ1) is 5.70. The highest BCUT2D eigenvalue weighted by Gasteiger charge is 2.16. The first-order valence-electron chi connectivity index (χ1n) is 5.17. The van der Waals surface area contributed by atoms with Crippen molar-refractivity contribution in [3.8, 4) is 0 Å². The van der Waals surface area contributed by atoms with Gasteiger partial charge in [-0.2, -0.15) is 0 Å². The van der Waals surface area contributed by atoms with E-state index in [1.165, 1.54) is 13.1 Å². The van der Waals surface area contributed by atoms with E-state index < -0.39 is 0 Å². The van der Waals surface area contributed by atoms with Gasteiger partial charge in [-0.05, 0) is 20.8 Å². The molecule has 1 N–H and O–H groups in total. The molecule has 0 saturated carbocycles. The van der Waals surface area contributed by atoms with Gasteiger partial charge in [-0.25, -0.2) is 0 Å². The zero-order valence-corrected chi connectivity index (χ0v) is 9.22.